The van der Waals surface area contributed by atoms with Gasteiger partial charge in [0, 0.05) is 36.0 Å². The molecule has 1 unspecified atom stereocenters. The van der Waals surface area contributed by atoms with Crippen molar-refractivity contribution in [2.45, 2.75) is 25.7 Å². The van der Waals surface area contributed by atoms with E-state index in [1.54, 1.807) is 12.1 Å². The number of rotatable bonds is 2. The van der Waals surface area contributed by atoms with Gasteiger partial charge >= 0.3 is 0 Å². The average Bonchev–Trinajstić information content (AvgIpc) is 3.21. The highest BCUT2D eigenvalue weighted by Gasteiger charge is 2.51. The molecule has 3 heterocycles. The monoisotopic (exact) mass is 374 g/mol. The van der Waals surface area contributed by atoms with Gasteiger partial charge in [0.15, 0.2) is 0 Å². The summed E-state index contributed by atoms with van der Waals surface area (Å²) in [5.41, 5.74) is 0.627. The van der Waals surface area contributed by atoms with Crippen LogP contribution in [0.3, 0.4) is 0 Å². The van der Waals surface area contributed by atoms with Crippen molar-refractivity contribution in [1.82, 2.24) is 20.0 Å². The third-order valence-corrected chi connectivity index (χ3v) is 6.06. The number of nitrogens with zero attached hydrogens (tertiary/aromatic N) is 4. The Kier molecular flexibility index (Phi) is 4.49. The van der Waals surface area contributed by atoms with Gasteiger partial charge in [0.2, 0.25) is 11.8 Å². The molecule has 26 heavy (non-hydrogen) atoms. The molecule has 2 aliphatic rings. The Morgan fingerprint density at radius 1 is 1.31 bits per heavy atom. The van der Waals surface area contributed by atoms with Crippen LogP contribution in [0.15, 0.2) is 28.7 Å². The molecule has 2 saturated heterocycles. The first kappa shape index (κ1) is 17.5. The number of aromatic nitrogens is 2. The Morgan fingerprint density at radius 2 is 2.08 bits per heavy atom. The summed E-state index contributed by atoms with van der Waals surface area (Å²) in [6.07, 6.45) is 2.05. The molecule has 2 fully saturated rings. The standard InChI is InChI=1S/C19H23ClN4O2/c1-13-21-22-17(26-13)16-11-24(12-19(16)6-8-23(2)9-7-19)18(25)14-4-3-5-15(20)10-14/h3-5,10,16H,6-9,11-12H2,1-2H3. The Bertz CT molecular complexity index is 813. The smallest absolute Gasteiger partial charge is 0.253 e. The van der Waals surface area contributed by atoms with E-state index in [0.29, 0.717) is 28.9 Å². The first-order valence-electron chi connectivity index (χ1n) is 9.00. The molecule has 0 bridgehead atoms. The third-order valence-electron chi connectivity index (χ3n) is 5.83. The van der Waals surface area contributed by atoms with Crippen molar-refractivity contribution in [3.05, 3.63) is 46.6 Å². The van der Waals surface area contributed by atoms with Gasteiger partial charge in [-0.1, -0.05) is 17.7 Å². The van der Waals surface area contributed by atoms with Crippen LogP contribution in [0.25, 0.3) is 0 Å². The minimum atomic E-state index is -0.000279. The normalized spacial score (nSPS) is 22.9. The minimum Gasteiger partial charge on any atom is -0.425 e. The van der Waals surface area contributed by atoms with Crippen molar-refractivity contribution in [3.8, 4) is 0 Å². The molecule has 1 aromatic heterocycles. The van der Waals surface area contributed by atoms with Gasteiger partial charge in [-0.15, -0.1) is 10.2 Å². The topological polar surface area (TPSA) is 62.5 Å². The van der Waals surface area contributed by atoms with E-state index in [1.165, 1.54) is 0 Å². The summed E-state index contributed by atoms with van der Waals surface area (Å²) in [7, 11) is 2.14. The van der Waals surface area contributed by atoms with Crippen LogP contribution in [-0.4, -0.2) is 59.1 Å². The fourth-order valence-electron chi connectivity index (χ4n) is 4.29. The number of aryl methyl sites for hydroxylation is 1. The fraction of sp³-hybridized carbons (Fsp3) is 0.526. The third kappa shape index (κ3) is 3.12. The highest BCUT2D eigenvalue weighted by Crippen LogP contribution is 2.49. The highest BCUT2D eigenvalue weighted by molar-refractivity contribution is 6.30. The molecule has 0 saturated carbocycles. The van der Waals surface area contributed by atoms with Gasteiger partial charge in [-0.3, -0.25) is 4.79 Å². The number of likely N-dealkylation sites (tertiary alicyclic amines) is 2. The summed E-state index contributed by atoms with van der Waals surface area (Å²) in [4.78, 5) is 17.3. The van der Waals surface area contributed by atoms with Gasteiger partial charge in [0.1, 0.15) is 0 Å². The largest absolute Gasteiger partial charge is 0.425 e. The molecular weight excluding hydrogens is 352 g/mol. The lowest BCUT2D eigenvalue weighted by Crippen LogP contribution is -2.42. The van der Waals surface area contributed by atoms with Gasteiger partial charge in [0.05, 0.1) is 5.92 Å². The number of halogens is 1. The zero-order chi connectivity index (χ0) is 18.3. The molecule has 4 rings (SSSR count). The van der Waals surface area contributed by atoms with Crippen LogP contribution >= 0.6 is 11.6 Å². The molecule has 2 aliphatic heterocycles. The van der Waals surface area contributed by atoms with E-state index in [0.717, 1.165) is 32.5 Å². The van der Waals surface area contributed by atoms with Crippen molar-refractivity contribution in [2.75, 3.05) is 33.2 Å². The van der Waals surface area contributed by atoms with Crippen LogP contribution < -0.4 is 0 Å². The van der Waals surface area contributed by atoms with Crippen LogP contribution in [0.2, 0.25) is 5.02 Å². The summed E-state index contributed by atoms with van der Waals surface area (Å²) in [5.74, 6) is 1.33. The van der Waals surface area contributed by atoms with Crippen LogP contribution in [0.5, 0.6) is 0 Å². The summed E-state index contributed by atoms with van der Waals surface area (Å²) in [5, 5.41) is 8.88. The maximum Gasteiger partial charge on any atom is 0.253 e. The van der Waals surface area contributed by atoms with E-state index in [1.807, 2.05) is 24.0 Å². The molecule has 0 radical (unpaired) electrons. The number of amides is 1. The average molecular weight is 375 g/mol. The molecule has 1 atom stereocenters. The van der Waals surface area contributed by atoms with Crippen molar-refractivity contribution >= 4 is 17.5 Å². The van der Waals surface area contributed by atoms with Crippen molar-refractivity contribution < 1.29 is 9.21 Å². The van der Waals surface area contributed by atoms with E-state index >= 15 is 0 Å². The van der Waals surface area contributed by atoms with E-state index in [4.69, 9.17) is 16.0 Å². The second kappa shape index (κ2) is 6.67. The lowest BCUT2D eigenvalue weighted by atomic mass is 9.71. The minimum absolute atomic E-state index is 0.000279. The zero-order valence-electron chi connectivity index (χ0n) is 15.1. The first-order chi connectivity index (χ1) is 12.5. The van der Waals surface area contributed by atoms with Gasteiger partial charge < -0.3 is 14.2 Å². The number of hydrogen-bond acceptors (Lipinski definition) is 5. The molecule has 1 amide bonds. The first-order valence-corrected chi connectivity index (χ1v) is 9.38. The van der Waals surface area contributed by atoms with Gasteiger partial charge in [-0.2, -0.15) is 0 Å². The predicted octanol–water partition coefficient (Wildman–Crippen LogP) is 2.98. The van der Waals surface area contributed by atoms with Crippen LogP contribution in [0, 0.1) is 12.3 Å². The van der Waals surface area contributed by atoms with Crippen LogP contribution in [0.4, 0.5) is 0 Å². The van der Waals surface area contributed by atoms with Crippen LogP contribution in [0.1, 0.15) is 40.9 Å². The number of piperidine rings is 1. The van der Waals surface area contributed by atoms with E-state index in [2.05, 4.69) is 22.1 Å². The quantitative estimate of drug-likeness (QED) is 0.808. The number of hydrogen-bond donors (Lipinski definition) is 0. The maximum absolute atomic E-state index is 13.1. The molecule has 138 valence electrons. The summed E-state index contributed by atoms with van der Waals surface area (Å²) in [6.45, 7) is 5.17. The van der Waals surface area contributed by atoms with Gasteiger partial charge in [-0.25, -0.2) is 0 Å². The molecule has 2 aromatic rings. The second-order valence-electron chi connectivity index (χ2n) is 7.57. The summed E-state index contributed by atoms with van der Waals surface area (Å²) in [6, 6.07) is 7.15. The number of carbonyl (C=O) groups is 1. The Labute approximate surface area is 158 Å². The Morgan fingerprint density at radius 3 is 2.73 bits per heavy atom. The molecule has 7 heteroatoms. The molecule has 0 N–H and O–H groups in total. The van der Waals surface area contributed by atoms with Crippen LogP contribution in [-0.2, 0) is 0 Å². The molecule has 0 aliphatic carbocycles. The lowest BCUT2D eigenvalue weighted by molar-refractivity contribution is 0.0727. The van der Waals surface area contributed by atoms with Crippen molar-refractivity contribution in [3.63, 3.8) is 0 Å². The predicted molar refractivity (Wildman–Crippen MR) is 98.3 cm³/mol. The molecule has 1 spiro atoms. The van der Waals surface area contributed by atoms with Crippen molar-refractivity contribution in [2.24, 2.45) is 5.41 Å². The van der Waals surface area contributed by atoms with E-state index in [9.17, 15) is 4.79 Å². The van der Waals surface area contributed by atoms with Crippen molar-refractivity contribution in [1.29, 1.82) is 0 Å². The fourth-order valence-corrected chi connectivity index (χ4v) is 4.48. The molecular formula is C19H23ClN4O2. The summed E-state index contributed by atoms with van der Waals surface area (Å²) >= 11 is 6.07. The lowest BCUT2D eigenvalue weighted by Gasteiger charge is -2.40. The SMILES string of the molecule is Cc1nnc(C2CN(C(=O)c3cccc(Cl)c3)CC23CCN(C)CC3)o1. The van der Waals surface area contributed by atoms with E-state index < -0.39 is 0 Å². The maximum atomic E-state index is 13.1. The Hall–Kier alpha value is -1.92. The summed E-state index contributed by atoms with van der Waals surface area (Å²) < 4.78 is 5.78. The Balaban J connectivity index is 1.64. The number of carbonyl (C=O) groups excluding carboxylic acids is 1. The molecule has 1 aromatic carbocycles. The van der Waals surface area contributed by atoms with Gasteiger partial charge in [-0.05, 0) is 51.2 Å². The highest BCUT2D eigenvalue weighted by atomic mass is 35.5. The number of benzene rings is 1. The van der Waals surface area contributed by atoms with E-state index in [-0.39, 0.29) is 17.2 Å². The van der Waals surface area contributed by atoms with Gasteiger partial charge in [0.25, 0.3) is 5.91 Å². The zero-order valence-corrected chi connectivity index (χ0v) is 15.9. The molecule has 6 nitrogen and oxygen atoms in total. The second-order valence-corrected chi connectivity index (χ2v) is 8.01.